The zero-order chi connectivity index (χ0) is 11.7. The molecule has 0 aliphatic heterocycles. The Balaban J connectivity index is 2.30. The fourth-order valence-electron chi connectivity index (χ4n) is 2.56. The first-order valence-corrected chi connectivity index (χ1v) is 6.16. The fourth-order valence-corrected chi connectivity index (χ4v) is 2.82. The summed E-state index contributed by atoms with van der Waals surface area (Å²) in [6.07, 6.45) is 3.16. The molecule has 0 aromatic heterocycles. The summed E-state index contributed by atoms with van der Waals surface area (Å²) < 4.78 is 13.2. The van der Waals surface area contributed by atoms with Crippen LogP contribution in [0.15, 0.2) is 18.2 Å². The number of benzene rings is 1. The SMILES string of the molecule is CC1CCC(N)C(c2cc(F)ccc2Cl)C1. The van der Waals surface area contributed by atoms with Gasteiger partial charge in [0, 0.05) is 17.0 Å². The van der Waals surface area contributed by atoms with Gasteiger partial charge in [0.25, 0.3) is 0 Å². The molecule has 1 fully saturated rings. The highest BCUT2D eigenvalue weighted by Crippen LogP contribution is 2.38. The minimum atomic E-state index is -0.232. The Labute approximate surface area is 101 Å². The molecule has 0 amide bonds. The van der Waals surface area contributed by atoms with E-state index in [0.29, 0.717) is 10.9 Å². The Kier molecular flexibility index (Phi) is 3.50. The molecular formula is C13H17ClFN. The molecule has 3 atom stereocenters. The van der Waals surface area contributed by atoms with Crippen LogP contribution in [-0.4, -0.2) is 6.04 Å². The van der Waals surface area contributed by atoms with Crippen LogP contribution in [-0.2, 0) is 0 Å². The summed E-state index contributed by atoms with van der Waals surface area (Å²) in [7, 11) is 0. The van der Waals surface area contributed by atoms with Crippen molar-refractivity contribution >= 4 is 11.6 Å². The van der Waals surface area contributed by atoms with Gasteiger partial charge in [0.1, 0.15) is 5.82 Å². The molecule has 3 heteroatoms. The maximum atomic E-state index is 13.2. The molecule has 2 N–H and O–H groups in total. The fraction of sp³-hybridized carbons (Fsp3) is 0.538. The van der Waals surface area contributed by atoms with E-state index in [-0.39, 0.29) is 17.8 Å². The standard InChI is InChI=1S/C13H17ClFN/c1-8-2-5-13(16)11(6-8)10-7-9(15)3-4-12(10)14/h3-4,7-8,11,13H,2,5-6,16H2,1H3. The van der Waals surface area contributed by atoms with Crippen LogP contribution in [0.5, 0.6) is 0 Å². The van der Waals surface area contributed by atoms with Crippen LogP contribution >= 0.6 is 11.6 Å². The van der Waals surface area contributed by atoms with E-state index in [9.17, 15) is 4.39 Å². The van der Waals surface area contributed by atoms with E-state index < -0.39 is 0 Å². The summed E-state index contributed by atoms with van der Waals surface area (Å²) in [6, 6.07) is 4.66. The first-order valence-electron chi connectivity index (χ1n) is 5.78. The Bertz CT molecular complexity index is 380. The molecule has 3 unspecified atom stereocenters. The van der Waals surface area contributed by atoms with Gasteiger partial charge in [0.05, 0.1) is 0 Å². The molecule has 0 bridgehead atoms. The van der Waals surface area contributed by atoms with Crippen molar-refractivity contribution in [1.29, 1.82) is 0 Å². The largest absolute Gasteiger partial charge is 0.327 e. The van der Waals surface area contributed by atoms with Crippen LogP contribution in [0.25, 0.3) is 0 Å². The Morgan fingerprint density at radius 2 is 2.12 bits per heavy atom. The summed E-state index contributed by atoms with van der Waals surface area (Å²) in [5.74, 6) is 0.612. The zero-order valence-corrected chi connectivity index (χ0v) is 10.2. The summed E-state index contributed by atoms with van der Waals surface area (Å²) >= 11 is 6.12. The molecule has 0 radical (unpaired) electrons. The average molecular weight is 242 g/mol. The van der Waals surface area contributed by atoms with Gasteiger partial charge in [0.2, 0.25) is 0 Å². The molecule has 88 valence electrons. The van der Waals surface area contributed by atoms with E-state index in [0.717, 1.165) is 24.8 Å². The van der Waals surface area contributed by atoms with E-state index in [4.69, 9.17) is 17.3 Å². The highest BCUT2D eigenvalue weighted by atomic mass is 35.5. The molecular weight excluding hydrogens is 225 g/mol. The predicted molar refractivity (Wildman–Crippen MR) is 65.1 cm³/mol. The maximum Gasteiger partial charge on any atom is 0.123 e. The lowest BCUT2D eigenvalue weighted by atomic mass is 9.76. The van der Waals surface area contributed by atoms with Crippen molar-refractivity contribution in [2.24, 2.45) is 11.7 Å². The number of hydrogen-bond acceptors (Lipinski definition) is 1. The van der Waals surface area contributed by atoms with Gasteiger partial charge in [-0.25, -0.2) is 4.39 Å². The van der Waals surface area contributed by atoms with Crippen molar-refractivity contribution in [2.45, 2.75) is 38.1 Å². The number of rotatable bonds is 1. The third-order valence-corrected chi connectivity index (χ3v) is 3.87. The first kappa shape index (κ1) is 11.9. The van der Waals surface area contributed by atoms with Crippen molar-refractivity contribution in [3.63, 3.8) is 0 Å². The van der Waals surface area contributed by atoms with E-state index in [1.165, 1.54) is 12.1 Å². The second kappa shape index (κ2) is 4.72. The molecule has 1 aromatic rings. The zero-order valence-electron chi connectivity index (χ0n) is 9.42. The minimum Gasteiger partial charge on any atom is -0.327 e. The summed E-state index contributed by atoms with van der Waals surface area (Å²) in [4.78, 5) is 0. The molecule has 1 aromatic carbocycles. The van der Waals surface area contributed by atoms with Crippen LogP contribution in [0.2, 0.25) is 5.02 Å². The second-order valence-electron chi connectivity index (χ2n) is 4.85. The lowest BCUT2D eigenvalue weighted by molar-refractivity contribution is 0.306. The Morgan fingerprint density at radius 1 is 1.38 bits per heavy atom. The van der Waals surface area contributed by atoms with Crippen molar-refractivity contribution in [3.8, 4) is 0 Å². The van der Waals surface area contributed by atoms with E-state index in [1.54, 1.807) is 6.07 Å². The van der Waals surface area contributed by atoms with Gasteiger partial charge in [-0.1, -0.05) is 18.5 Å². The molecule has 1 aliphatic rings. The van der Waals surface area contributed by atoms with Gasteiger partial charge in [-0.3, -0.25) is 0 Å². The van der Waals surface area contributed by atoms with Crippen molar-refractivity contribution in [1.82, 2.24) is 0 Å². The number of hydrogen-bond donors (Lipinski definition) is 1. The average Bonchev–Trinajstić information content (AvgIpc) is 2.25. The summed E-state index contributed by atoms with van der Waals surface area (Å²) in [6.45, 7) is 2.21. The van der Waals surface area contributed by atoms with Crippen molar-refractivity contribution in [2.75, 3.05) is 0 Å². The Morgan fingerprint density at radius 3 is 2.88 bits per heavy atom. The summed E-state index contributed by atoms with van der Waals surface area (Å²) in [5, 5.41) is 0.635. The third kappa shape index (κ3) is 2.38. The van der Waals surface area contributed by atoms with Crippen molar-refractivity contribution in [3.05, 3.63) is 34.6 Å². The smallest absolute Gasteiger partial charge is 0.123 e. The maximum absolute atomic E-state index is 13.2. The highest BCUT2D eigenvalue weighted by molar-refractivity contribution is 6.31. The first-order chi connectivity index (χ1) is 7.58. The Hall–Kier alpha value is -0.600. The molecule has 2 rings (SSSR count). The van der Waals surface area contributed by atoms with Gasteiger partial charge < -0.3 is 5.73 Å². The molecule has 0 heterocycles. The normalized spacial score (nSPS) is 30.4. The molecule has 16 heavy (non-hydrogen) atoms. The number of nitrogens with two attached hydrogens (primary N) is 1. The van der Waals surface area contributed by atoms with Gasteiger partial charge in [0.15, 0.2) is 0 Å². The molecule has 1 aliphatic carbocycles. The topological polar surface area (TPSA) is 26.0 Å². The van der Waals surface area contributed by atoms with Crippen LogP contribution in [0.1, 0.15) is 37.7 Å². The molecule has 0 saturated heterocycles. The van der Waals surface area contributed by atoms with Gasteiger partial charge in [-0.15, -0.1) is 0 Å². The van der Waals surface area contributed by atoms with Gasteiger partial charge >= 0.3 is 0 Å². The lowest BCUT2D eigenvalue weighted by Gasteiger charge is -2.33. The monoisotopic (exact) mass is 241 g/mol. The second-order valence-corrected chi connectivity index (χ2v) is 5.26. The van der Waals surface area contributed by atoms with Gasteiger partial charge in [-0.05, 0) is 48.9 Å². The lowest BCUT2D eigenvalue weighted by Crippen LogP contribution is -2.34. The van der Waals surface area contributed by atoms with Gasteiger partial charge in [-0.2, -0.15) is 0 Å². The minimum absolute atomic E-state index is 0.107. The molecule has 1 nitrogen and oxygen atoms in total. The molecule has 0 spiro atoms. The van der Waals surface area contributed by atoms with Crippen LogP contribution in [0, 0.1) is 11.7 Å². The van der Waals surface area contributed by atoms with Crippen LogP contribution in [0.3, 0.4) is 0 Å². The van der Waals surface area contributed by atoms with E-state index in [1.807, 2.05) is 0 Å². The third-order valence-electron chi connectivity index (χ3n) is 3.52. The predicted octanol–water partition coefficient (Wildman–Crippen LogP) is 3.71. The van der Waals surface area contributed by atoms with E-state index >= 15 is 0 Å². The van der Waals surface area contributed by atoms with E-state index in [2.05, 4.69) is 6.92 Å². The van der Waals surface area contributed by atoms with Crippen LogP contribution in [0.4, 0.5) is 4.39 Å². The van der Waals surface area contributed by atoms with Crippen molar-refractivity contribution < 1.29 is 4.39 Å². The summed E-state index contributed by atoms with van der Waals surface area (Å²) in [5.41, 5.74) is 6.99. The number of halogens is 2. The highest BCUT2D eigenvalue weighted by Gasteiger charge is 2.28. The molecule has 1 saturated carbocycles. The van der Waals surface area contributed by atoms with Crippen LogP contribution < -0.4 is 5.73 Å². The quantitative estimate of drug-likeness (QED) is 0.797.